The number of aryl methyl sites for hydroxylation is 1. The van der Waals surface area contributed by atoms with E-state index in [1.807, 2.05) is 12.1 Å². The molecule has 0 aliphatic carbocycles. The average molecular weight is 343 g/mol. The van der Waals surface area contributed by atoms with Gasteiger partial charge in [0.1, 0.15) is 0 Å². The molecule has 0 aliphatic rings. The molecule has 0 saturated heterocycles. The highest BCUT2D eigenvalue weighted by molar-refractivity contribution is 8.01. The van der Waals surface area contributed by atoms with Crippen LogP contribution in [0, 0.1) is 6.92 Å². The summed E-state index contributed by atoms with van der Waals surface area (Å²) in [5, 5.41) is 1.80. The quantitative estimate of drug-likeness (QED) is 0.612. The van der Waals surface area contributed by atoms with Crippen LogP contribution in [-0.2, 0) is 5.75 Å². The van der Waals surface area contributed by atoms with Gasteiger partial charge in [-0.05, 0) is 35.6 Å². The Morgan fingerprint density at radius 3 is 2.41 bits per heavy atom. The number of benzene rings is 2. The van der Waals surface area contributed by atoms with E-state index in [0.29, 0.717) is 10.8 Å². The maximum Gasteiger partial charge on any atom is 0.417 e. The Kier molecular flexibility index (Phi) is 5.59. The van der Waals surface area contributed by atoms with Crippen LogP contribution in [0.15, 0.2) is 53.9 Å². The summed E-state index contributed by atoms with van der Waals surface area (Å²) in [6.45, 7) is 1.78. The first-order chi connectivity index (χ1) is 10.4. The molecule has 22 heavy (non-hydrogen) atoms. The SMILES string of the molecule is Cc1cccc(/C(=C\SCc2ccc(Cl)cc2)C(F)(F)F)c1. The van der Waals surface area contributed by atoms with E-state index in [1.54, 1.807) is 37.3 Å². The zero-order chi connectivity index (χ0) is 16.2. The van der Waals surface area contributed by atoms with Crippen LogP contribution in [0.2, 0.25) is 5.02 Å². The Balaban J connectivity index is 2.17. The fraction of sp³-hybridized carbons (Fsp3) is 0.176. The van der Waals surface area contributed by atoms with Crippen LogP contribution in [0.5, 0.6) is 0 Å². The summed E-state index contributed by atoms with van der Waals surface area (Å²) in [5.41, 5.74) is 1.30. The van der Waals surface area contributed by atoms with Gasteiger partial charge in [0.2, 0.25) is 0 Å². The third kappa shape index (κ3) is 4.82. The zero-order valence-electron chi connectivity index (χ0n) is 11.8. The molecular weight excluding hydrogens is 329 g/mol. The Morgan fingerprint density at radius 1 is 1.14 bits per heavy atom. The fourth-order valence-corrected chi connectivity index (χ4v) is 2.94. The minimum Gasteiger partial charge on any atom is -0.166 e. The Hall–Kier alpha value is -1.39. The minimum atomic E-state index is -4.37. The Labute approximate surface area is 137 Å². The van der Waals surface area contributed by atoms with Crippen LogP contribution in [-0.4, -0.2) is 6.18 Å². The molecule has 0 fully saturated rings. The van der Waals surface area contributed by atoms with Gasteiger partial charge in [-0.15, -0.1) is 11.8 Å². The molecule has 0 nitrogen and oxygen atoms in total. The van der Waals surface area contributed by atoms with Crippen molar-refractivity contribution in [1.29, 1.82) is 0 Å². The summed E-state index contributed by atoms with van der Waals surface area (Å²) in [6.07, 6.45) is -4.37. The predicted octanol–water partition coefficient (Wildman–Crippen LogP) is 6.49. The van der Waals surface area contributed by atoms with Crippen LogP contribution >= 0.6 is 23.4 Å². The second-order valence-corrected chi connectivity index (χ2v) is 6.13. The number of rotatable bonds is 4. The number of hydrogen-bond acceptors (Lipinski definition) is 1. The maximum absolute atomic E-state index is 13.2. The van der Waals surface area contributed by atoms with Gasteiger partial charge in [0.25, 0.3) is 0 Å². The molecule has 116 valence electrons. The highest BCUT2D eigenvalue weighted by atomic mass is 35.5. The largest absolute Gasteiger partial charge is 0.417 e. The summed E-state index contributed by atoms with van der Waals surface area (Å²) in [4.78, 5) is 0. The maximum atomic E-state index is 13.2. The topological polar surface area (TPSA) is 0 Å². The lowest BCUT2D eigenvalue weighted by Crippen LogP contribution is -2.10. The van der Waals surface area contributed by atoms with Crippen molar-refractivity contribution in [2.75, 3.05) is 0 Å². The van der Waals surface area contributed by atoms with Crippen molar-refractivity contribution in [3.05, 3.63) is 75.7 Å². The lowest BCUT2D eigenvalue weighted by atomic mass is 10.1. The molecule has 0 aromatic heterocycles. The molecule has 0 unspecified atom stereocenters. The second kappa shape index (κ2) is 7.25. The van der Waals surface area contributed by atoms with Gasteiger partial charge in [-0.2, -0.15) is 13.2 Å². The third-order valence-electron chi connectivity index (χ3n) is 3.00. The van der Waals surface area contributed by atoms with Crippen LogP contribution in [0.1, 0.15) is 16.7 Å². The van der Waals surface area contributed by atoms with Crippen molar-refractivity contribution in [3.8, 4) is 0 Å². The zero-order valence-corrected chi connectivity index (χ0v) is 13.4. The van der Waals surface area contributed by atoms with Crippen LogP contribution in [0.4, 0.5) is 13.2 Å². The van der Waals surface area contributed by atoms with E-state index < -0.39 is 11.7 Å². The first kappa shape index (κ1) is 17.0. The molecule has 0 saturated carbocycles. The lowest BCUT2D eigenvalue weighted by Gasteiger charge is -2.12. The molecule has 0 radical (unpaired) electrons. The van der Waals surface area contributed by atoms with E-state index in [0.717, 1.165) is 22.9 Å². The van der Waals surface area contributed by atoms with E-state index in [4.69, 9.17) is 11.6 Å². The molecule has 0 heterocycles. The van der Waals surface area contributed by atoms with Gasteiger partial charge in [0.15, 0.2) is 0 Å². The van der Waals surface area contributed by atoms with Crippen LogP contribution in [0.25, 0.3) is 5.57 Å². The Morgan fingerprint density at radius 2 is 1.82 bits per heavy atom. The van der Waals surface area contributed by atoms with Crippen molar-refractivity contribution in [3.63, 3.8) is 0 Å². The summed E-state index contributed by atoms with van der Waals surface area (Å²) >= 11 is 6.91. The standard InChI is InChI=1S/C17H14ClF3S/c1-12-3-2-4-14(9-12)16(17(19,20)21)11-22-10-13-5-7-15(18)8-6-13/h2-9,11H,10H2,1H3/b16-11+. The highest BCUT2D eigenvalue weighted by Crippen LogP contribution is 2.36. The number of alkyl halides is 3. The van der Waals surface area contributed by atoms with Gasteiger partial charge in [0, 0.05) is 10.8 Å². The molecule has 2 aromatic rings. The average Bonchev–Trinajstić information content (AvgIpc) is 2.44. The normalized spacial score (nSPS) is 12.5. The van der Waals surface area contributed by atoms with E-state index >= 15 is 0 Å². The monoisotopic (exact) mass is 342 g/mol. The molecule has 0 amide bonds. The molecule has 2 aromatic carbocycles. The third-order valence-corrected chi connectivity index (χ3v) is 4.15. The lowest BCUT2D eigenvalue weighted by molar-refractivity contribution is -0.0687. The van der Waals surface area contributed by atoms with Gasteiger partial charge < -0.3 is 0 Å². The van der Waals surface area contributed by atoms with Crippen LogP contribution in [0.3, 0.4) is 0 Å². The highest BCUT2D eigenvalue weighted by Gasteiger charge is 2.34. The predicted molar refractivity (Wildman–Crippen MR) is 88.0 cm³/mol. The molecule has 5 heteroatoms. The van der Waals surface area contributed by atoms with E-state index in [1.165, 1.54) is 11.5 Å². The molecule has 2 rings (SSSR count). The summed E-state index contributed by atoms with van der Waals surface area (Å²) in [7, 11) is 0. The van der Waals surface area contributed by atoms with Crippen molar-refractivity contribution in [2.24, 2.45) is 0 Å². The molecule has 0 aliphatic heterocycles. The molecule has 0 N–H and O–H groups in total. The van der Waals surface area contributed by atoms with Crippen molar-refractivity contribution in [1.82, 2.24) is 0 Å². The number of hydrogen-bond donors (Lipinski definition) is 0. The number of thioether (sulfide) groups is 1. The van der Waals surface area contributed by atoms with Gasteiger partial charge in [0.05, 0.1) is 5.57 Å². The van der Waals surface area contributed by atoms with Gasteiger partial charge in [-0.25, -0.2) is 0 Å². The first-order valence-electron chi connectivity index (χ1n) is 6.57. The Bertz CT molecular complexity index is 660. The molecule has 0 bridgehead atoms. The first-order valence-corrected chi connectivity index (χ1v) is 7.99. The summed E-state index contributed by atoms with van der Waals surface area (Å²) in [6, 6.07) is 13.5. The van der Waals surface area contributed by atoms with E-state index in [2.05, 4.69) is 0 Å². The van der Waals surface area contributed by atoms with Crippen molar-refractivity contribution >= 4 is 28.9 Å². The molecule has 0 spiro atoms. The van der Waals surface area contributed by atoms with E-state index in [9.17, 15) is 13.2 Å². The van der Waals surface area contributed by atoms with E-state index in [-0.39, 0.29) is 5.56 Å². The fourth-order valence-electron chi connectivity index (χ4n) is 1.91. The number of allylic oxidation sites excluding steroid dienone is 1. The summed E-state index contributed by atoms with van der Waals surface area (Å²) in [5.74, 6) is 0.461. The van der Waals surface area contributed by atoms with Crippen LogP contribution < -0.4 is 0 Å². The molecule has 0 atom stereocenters. The van der Waals surface area contributed by atoms with Crippen molar-refractivity contribution in [2.45, 2.75) is 18.9 Å². The van der Waals surface area contributed by atoms with Gasteiger partial charge in [-0.3, -0.25) is 0 Å². The molecular formula is C17H14ClF3S. The van der Waals surface area contributed by atoms with Gasteiger partial charge in [-0.1, -0.05) is 53.6 Å². The van der Waals surface area contributed by atoms with Crippen molar-refractivity contribution < 1.29 is 13.2 Å². The minimum absolute atomic E-state index is 0.191. The smallest absolute Gasteiger partial charge is 0.166 e. The second-order valence-electron chi connectivity index (χ2n) is 4.84. The summed E-state index contributed by atoms with van der Waals surface area (Å²) < 4.78 is 39.7. The van der Waals surface area contributed by atoms with Gasteiger partial charge >= 0.3 is 6.18 Å². The number of halogens is 4.